The third-order valence-corrected chi connectivity index (χ3v) is 9.08. The van der Waals surface area contributed by atoms with E-state index in [1.165, 1.54) is 17.2 Å². The zero-order valence-electron chi connectivity index (χ0n) is 24.2. The molecule has 2 unspecified atom stereocenters. The van der Waals surface area contributed by atoms with Crippen LogP contribution >= 0.6 is 0 Å². The highest BCUT2D eigenvalue weighted by molar-refractivity contribution is 5.91. The minimum atomic E-state index is -0.576. The van der Waals surface area contributed by atoms with Crippen LogP contribution in [0.5, 0.6) is 0 Å². The molecule has 5 rings (SSSR count). The molecule has 1 saturated heterocycles. The molecule has 3 aromatic rings. The maximum atomic E-state index is 13.7. The fourth-order valence-corrected chi connectivity index (χ4v) is 6.51. The molecule has 3 atom stereocenters. The molecular formula is C35H43N3O3. The van der Waals surface area contributed by atoms with Crippen molar-refractivity contribution in [1.82, 2.24) is 10.2 Å². The van der Waals surface area contributed by atoms with Gasteiger partial charge in [0.1, 0.15) is 6.04 Å². The number of rotatable bonds is 11. The van der Waals surface area contributed by atoms with Gasteiger partial charge < -0.3 is 16.0 Å². The first-order valence-electron chi connectivity index (χ1n) is 15.4. The lowest BCUT2D eigenvalue weighted by atomic mass is 9.74. The van der Waals surface area contributed by atoms with Crippen molar-refractivity contribution < 1.29 is 14.4 Å². The third kappa shape index (κ3) is 6.98. The van der Waals surface area contributed by atoms with Gasteiger partial charge in [0.25, 0.3) is 0 Å². The van der Waals surface area contributed by atoms with E-state index in [9.17, 15) is 14.4 Å². The van der Waals surface area contributed by atoms with Gasteiger partial charge in [-0.2, -0.15) is 0 Å². The molecule has 1 aliphatic carbocycles. The van der Waals surface area contributed by atoms with Gasteiger partial charge in [0, 0.05) is 24.9 Å². The fraction of sp³-hybridized carbons (Fsp3) is 0.457. The number of carbonyl (C=O) groups is 3. The van der Waals surface area contributed by atoms with Gasteiger partial charge in [-0.05, 0) is 77.6 Å². The molecule has 3 amide bonds. The van der Waals surface area contributed by atoms with Crippen LogP contribution in [0.2, 0.25) is 0 Å². The standard InChI is InChI=1S/C35H43N3O3/c1-2-9-30(33(36)39)31(21-24-10-7-11-24)34(40)37-32-16-5-6-19-38(35(32)41)23-25-12-8-15-27(20-25)29-18-17-26-13-3-4-14-28(26)22-29/h3-4,8,12-15,17-18,20,22,24,30-32H,2,5-7,9-11,16,19,21,23H2,1H3,(H2,36,39)(H,37,40)/t30?,31?,32-/m0/s1. The minimum Gasteiger partial charge on any atom is -0.369 e. The fourth-order valence-electron chi connectivity index (χ4n) is 6.51. The Morgan fingerprint density at radius 1 is 0.902 bits per heavy atom. The van der Waals surface area contributed by atoms with Crippen molar-refractivity contribution in [2.45, 2.75) is 77.3 Å². The van der Waals surface area contributed by atoms with Gasteiger partial charge in [-0.15, -0.1) is 0 Å². The SMILES string of the molecule is CCCC(C(N)=O)C(CC1CCC1)C(=O)N[C@H]1CCCCN(Cc2cccc(-c3ccc4ccccc4c3)c2)C1=O. The van der Waals surface area contributed by atoms with Crippen molar-refractivity contribution in [2.75, 3.05) is 6.54 Å². The molecule has 3 N–H and O–H groups in total. The molecule has 1 saturated carbocycles. The normalized spacial score (nSPS) is 19.3. The highest BCUT2D eigenvalue weighted by atomic mass is 16.2. The molecule has 1 aliphatic heterocycles. The Balaban J connectivity index is 1.30. The number of benzene rings is 3. The van der Waals surface area contributed by atoms with E-state index < -0.39 is 23.8 Å². The molecular weight excluding hydrogens is 510 g/mol. The van der Waals surface area contributed by atoms with Gasteiger partial charge in [-0.3, -0.25) is 14.4 Å². The maximum Gasteiger partial charge on any atom is 0.245 e. The number of nitrogens with zero attached hydrogens (tertiary/aromatic N) is 1. The molecule has 2 aliphatic rings. The smallest absolute Gasteiger partial charge is 0.245 e. The summed E-state index contributed by atoms with van der Waals surface area (Å²) in [5, 5.41) is 5.50. The molecule has 0 spiro atoms. The highest BCUT2D eigenvalue weighted by Gasteiger charge is 2.37. The number of hydrogen-bond donors (Lipinski definition) is 2. The molecule has 3 aromatic carbocycles. The Morgan fingerprint density at radius 2 is 1.68 bits per heavy atom. The van der Waals surface area contributed by atoms with Crippen LogP contribution in [0.15, 0.2) is 66.7 Å². The van der Waals surface area contributed by atoms with Crippen LogP contribution in [0.25, 0.3) is 21.9 Å². The summed E-state index contributed by atoms with van der Waals surface area (Å²) in [5.74, 6) is -1.14. The van der Waals surface area contributed by atoms with Gasteiger partial charge in [0.15, 0.2) is 0 Å². The monoisotopic (exact) mass is 553 g/mol. The van der Waals surface area contributed by atoms with Crippen molar-refractivity contribution in [1.29, 1.82) is 0 Å². The Kier molecular flexibility index (Phi) is 9.38. The van der Waals surface area contributed by atoms with Crippen LogP contribution in [-0.4, -0.2) is 35.2 Å². The van der Waals surface area contributed by atoms with Crippen molar-refractivity contribution in [3.8, 4) is 11.1 Å². The number of fused-ring (bicyclic) bond motifs is 1. The Morgan fingerprint density at radius 3 is 2.41 bits per heavy atom. The summed E-state index contributed by atoms with van der Waals surface area (Å²) in [6.07, 6.45) is 7.79. The number of carbonyl (C=O) groups excluding carboxylic acids is 3. The zero-order valence-corrected chi connectivity index (χ0v) is 24.2. The second-order valence-electron chi connectivity index (χ2n) is 12.0. The summed E-state index contributed by atoms with van der Waals surface area (Å²) in [5.41, 5.74) is 9.11. The van der Waals surface area contributed by atoms with E-state index >= 15 is 0 Å². The molecule has 216 valence electrons. The summed E-state index contributed by atoms with van der Waals surface area (Å²) in [4.78, 5) is 41.6. The lowest BCUT2D eigenvalue weighted by Gasteiger charge is -2.33. The summed E-state index contributed by atoms with van der Waals surface area (Å²) in [7, 11) is 0. The Hall–Kier alpha value is -3.67. The van der Waals surface area contributed by atoms with Gasteiger partial charge >= 0.3 is 0 Å². The number of nitrogens with one attached hydrogen (secondary N) is 1. The lowest BCUT2D eigenvalue weighted by molar-refractivity contribution is -0.139. The molecule has 0 aromatic heterocycles. The summed E-state index contributed by atoms with van der Waals surface area (Å²) in [6, 6.07) is 22.6. The molecule has 6 nitrogen and oxygen atoms in total. The van der Waals surface area contributed by atoms with Crippen LogP contribution in [0.3, 0.4) is 0 Å². The van der Waals surface area contributed by atoms with Crippen LogP contribution < -0.4 is 11.1 Å². The second kappa shape index (κ2) is 13.3. The molecule has 1 heterocycles. The number of primary amides is 1. The van der Waals surface area contributed by atoms with Crippen molar-refractivity contribution in [3.63, 3.8) is 0 Å². The van der Waals surface area contributed by atoms with E-state index in [0.717, 1.165) is 48.8 Å². The van der Waals surface area contributed by atoms with Crippen molar-refractivity contribution in [3.05, 3.63) is 72.3 Å². The van der Waals surface area contributed by atoms with Gasteiger partial charge in [-0.1, -0.05) is 87.2 Å². The molecule has 41 heavy (non-hydrogen) atoms. The van der Waals surface area contributed by atoms with E-state index in [1.807, 2.05) is 24.0 Å². The molecule has 2 fully saturated rings. The lowest BCUT2D eigenvalue weighted by Crippen LogP contribution is -2.51. The van der Waals surface area contributed by atoms with E-state index in [4.69, 9.17) is 5.73 Å². The predicted octanol–water partition coefficient (Wildman–Crippen LogP) is 6.21. The number of nitrogens with two attached hydrogens (primary N) is 1. The number of hydrogen-bond acceptors (Lipinski definition) is 3. The van der Waals surface area contributed by atoms with Gasteiger partial charge in [-0.25, -0.2) is 0 Å². The summed E-state index contributed by atoms with van der Waals surface area (Å²) >= 11 is 0. The van der Waals surface area contributed by atoms with Crippen LogP contribution in [0.1, 0.15) is 70.3 Å². The average Bonchev–Trinajstić information content (AvgIpc) is 3.12. The quantitative estimate of drug-likeness (QED) is 0.296. The average molecular weight is 554 g/mol. The third-order valence-electron chi connectivity index (χ3n) is 9.08. The topological polar surface area (TPSA) is 92.5 Å². The van der Waals surface area contributed by atoms with Crippen molar-refractivity contribution in [2.24, 2.45) is 23.5 Å². The first-order valence-corrected chi connectivity index (χ1v) is 15.4. The largest absolute Gasteiger partial charge is 0.369 e. The highest BCUT2D eigenvalue weighted by Crippen LogP contribution is 2.36. The Bertz CT molecular complexity index is 1380. The summed E-state index contributed by atoms with van der Waals surface area (Å²) < 4.78 is 0. The van der Waals surface area contributed by atoms with Crippen LogP contribution in [0, 0.1) is 17.8 Å². The minimum absolute atomic E-state index is 0.0412. The first kappa shape index (κ1) is 28.8. The predicted molar refractivity (Wildman–Crippen MR) is 164 cm³/mol. The number of likely N-dealkylation sites (tertiary alicyclic amines) is 1. The second-order valence-corrected chi connectivity index (χ2v) is 12.0. The molecule has 0 bridgehead atoms. The molecule has 6 heteroatoms. The van der Waals surface area contributed by atoms with E-state index in [1.54, 1.807) is 0 Å². The zero-order chi connectivity index (χ0) is 28.8. The Labute approximate surface area is 243 Å². The van der Waals surface area contributed by atoms with Crippen LogP contribution in [0.4, 0.5) is 0 Å². The van der Waals surface area contributed by atoms with E-state index in [0.29, 0.717) is 38.3 Å². The van der Waals surface area contributed by atoms with Gasteiger partial charge in [0.2, 0.25) is 17.7 Å². The van der Waals surface area contributed by atoms with E-state index in [-0.39, 0.29) is 11.8 Å². The first-order chi connectivity index (χ1) is 19.9. The number of amides is 3. The van der Waals surface area contributed by atoms with Crippen molar-refractivity contribution >= 4 is 28.5 Å². The van der Waals surface area contributed by atoms with Crippen LogP contribution in [-0.2, 0) is 20.9 Å². The van der Waals surface area contributed by atoms with Gasteiger partial charge in [0.05, 0.1) is 0 Å². The summed E-state index contributed by atoms with van der Waals surface area (Å²) in [6.45, 7) is 3.17. The van der Waals surface area contributed by atoms with E-state index in [2.05, 4.69) is 59.9 Å². The molecule has 0 radical (unpaired) electrons. The maximum absolute atomic E-state index is 13.7.